The highest BCUT2D eigenvalue weighted by atomic mass is 32.2. The van der Waals surface area contributed by atoms with E-state index in [4.69, 9.17) is 0 Å². The second kappa shape index (κ2) is 6.47. The topological polar surface area (TPSA) is 32.7 Å². The van der Waals surface area contributed by atoms with Gasteiger partial charge in [-0.3, -0.25) is 4.79 Å². The van der Waals surface area contributed by atoms with Crippen LogP contribution >= 0.6 is 11.8 Å². The molecule has 0 aromatic heterocycles. The van der Waals surface area contributed by atoms with E-state index < -0.39 is 45.1 Å². The number of hydrogen-bond donors (Lipinski definition) is 0. The smallest absolute Gasteiger partial charge is 0.266 e. The molecule has 1 amide bonds. The van der Waals surface area contributed by atoms with Gasteiger partial charge in [0.15, 0.2) is 23.3 Å². The van der Waals surface area contributed by atoms with Crippen molar-refractivity contribution in [2.75, 3.05) is 5.01 Å². The van der Waals surface area contributed by atoms with Crippen molar-refractivity contribution in [1.82, 2.24) is 0 Å². The third-order valence-electron chi connectivity index (χ3n) is 3.48. The van der Waals surface area contributed by atoms with Crippen LogP contribution in [-0.2, 0) is 4.79 Å². The minimum Gasteiger partial charge on any atom is -0.271 e. The SMILES string of the molecule is CC1=NN(c2ccccc2)C(=O)C1Sc1c(F)c(F)c(F)c(F)c1F. The number of para-hydroxylation sites is 1. The van der Waals surface area contributed by atoms with E-state index in [-0.39, 0.29) is 17.5 Å². The molecule has 2 aromatic carbocycles. The molecule has 1 heterocycles. The summed E-state index contributed by atoms with van der Waals surface area (Å²) in [5.74, 6) is -10.9. The molecular weight excluding hydrogens is 363 g/mol. The molecule has 9 heteroatoms. The lowest BCUT2D eigenvalue weighted by Crippen LogP contribution is -2.29. The molecule has 0 saturated carbocycles. The number of halogens is 5. The fourth-order valence-electron chi connectivity index (χ4n) is 2.25. The molecule has 0 saturated heterocycles. The fraction of sp³-hybridized carbons (Fsp3) is 0.125. The maximum Gasteiger partial charge on any atom is 0.266 e. The quantitative estimate of drug-likeness (QED) is 0.458. The molecule has 0 aliphatic carbocycles. The van der Waals surface area contributed by atoms with Crippen molar-refractivity contribution in [3.8, 4) is 0 Å². The molecule has 130 valence electrons. The Morgan fingerprint density at radius 2 is 1.44 bits per heavy atom. The van der Waals surface area contributed by atoms with Gasteiger partial charge in [-0.05, 0) is 19.1 Å². The summed E-state index contributed by atoms with van der Waals surface area (Å²) in [6.45, 7) is 1.44. The zero-order valence-corrected chi connectivity index (χ0v) is 13.4. The molecule has 0 bridgehead atoms. The van der Waals surface area contributed by atoms with E-state index in [1.807, 2.05) is 0 Å². The zero-order chi connectivity index (χ0) is 18.3. The fourth-order valence-corrected chi connectivity index (χ4v) is 3.29. The van der Waals surface area contributed by atoms with Gasteiger partial charge in [-0.1, -0.05) is 18.2 Å². The predicted molar refractivity (Wildman–Crippen MR) is 82.9 cm³/mol. The summed E-state index contributed by atoms with van der Waals surface area (Å²) in [6.07, 6.45) is 0. The number of carbonyl (C=O) groups excluding carboxylic acids is 1. The van der Waals surface area contributed by atoms with E-state index in [0.717, 1.165) is 5.01 Å². The van der Waals surface area contributed by atoms with Crippen LogP contribution in [0.3, 0.4) is 0 Å². The molecule has 0 N–H and O–H groups in total. The van der Waals surface area contributed by atoms with Crippen LogP contribution in [0.25, 0.3) is 0 Å². The third kappa shape index (κ3) is 2.88. The van der Waals surface area contributed by atoms with Gasteiger partial charge in [-0.25, -0.2) is 22.0 Å². The predicted octanol–water partition coefficient (Wildman–Crippen LogP) is 4.27. The monoisotopic (exact) mass is 372 g/mol. The minimum absolute atomic E-state index is 0.183. The number of carbonyl (C=O) groups is 1. The van der Waals surface area contributed by atoms with E-state index in [9.17, 15) is 26.7 Å². The Morgan fingerprint density at radius 1 is 0.920 bits per heavy atom. The molecule has 2 aromatic rings. The van der Waals surface area contributed by atoms with Crippen molar-refractivity contribution in [3.05, 3.63) is 59.4 Å². The molecular formula is C16H9F5N2OS. The van der Waals surface area contributed by atoms with E-state index in [0.29, 0.717) is 5.69 Å². The number of anilines is 1. The van der Waals surface area contributed by atoms with Crippen molar-refractivity contribution in [2.24, 2.45) is 5.10 Å². The lowest BCUT2D eigenvalue weighted by atomic mass is 10.2. The number of thioether (sulfide) groups is 1. The second-order valence-electron chi connectivity index (χ2n) is 5.12. The summed E-state index contributed by atoms with van der Waals surface area (Å²) in [4.78, 5) is 11.4. The number of hydrogen-bond acceptors (Lipinski definition) is 3. The Labute approximate surface area is 143 Å². The van der Waals surface area contributed by atoms with Crippen molar-refractivity contribution in [2.45, 2.75) is 17.1 Å². The van der Waals surface area contributed by atoms with Gasteiger partial charge in [0.1, 0.15) is 5.25 Å². The van der Waals surface area contributed by atoms with E-state index in [1.54, 1.807) is 30.3 Å². The Hall–Kier alpha value is -2.42. The lowest BCUT2D eigenvalue weighted by molar-refractivity contribution is -0.116. The highest BCUT2D eigenvalue weighted by Crippen LogP contribution is 2.37. The average Bonchev–Trinajstić information content (AvgIpc) is 2.90. The summed E-state index contributed by atoms with van der Waals surface area (Å²) in [7, 11) is 0. The van der Waals surface area contributed by atoms with Crippen LogP contribution in [0.4, 0.5) is 27.6 Å². The summed E-state index contributed by atoms with van der Waals surface area (Å²) in [5.41, 5.74) is 0.607. The highest BCUT2D eigenvalue weighted by molar-refractivity contribution is 8.01. The number of amides is 1. The molecule has 1 aliphatic heterocycles. The van der Waals surface area contributed by atoms with Gasteiger partial charge in [-0.2, -0.15) is 10.1 Å². The normalized spacial score (nSPS) is 17.2. The second-order valence-corrected chi connectivity index (χ2v) is 6.24. The molecule has 3 nitrogen and oxygen atoms in total. The van der Waals surface area contributed by atoms with Crippen LogP contribution in [0.15, 0.2) is 40.3 Å². The Bertz CT molecular complexity index is 859. The molecule has 0 fully saturated rings. The summed E-state index contributed by atoms with van der Waals surface area (Å²) in [5, 5.41) is 3.84. The number of benzene rings is 2. The highest BCUT2D eigenvalue weighted by Gasteiger charge is 2.38. The lowest BCUT2D eigenvalue weighted by Gasteiger charge is -2.15. The van der Waals surface area contributed by atoms with Gasteiger partial charge in [0.2, 0.25) is 5.82 Å². The van der Waals surface area contributed by atoms with E-state index in [1.165, 1.54) is 6.92 Å². The Morgan fingerprint density at radius 3 is 2.00 bits per heavy atom. The first-order chi connectivity index (χ1) is 11.8. The third-order valence-corrected chi connectivity index (χ3v) is 4.85. The maximum absolute atomic E-state index is 13.8. The van der Waals surface area contributed by atoms with Crippen LogP contribution in [0, 0.1) is 29.1 Å². The van der Waals surface area contributed by atoms with Gasteiger partial charge in [0.05, 0.1) is 16.3 Å². The molecule has 1 aliphatic rings. The maximum atomic E-state index is 13.8. The molecule has 0 radical (unpaired) electrons. The van der Waals surface area contributed by atoms with E-state index in [2.05, 4.69) is 5.10 Å². The van der Waals surface area contributed by atoms with Crippen molar-refractivity contribution < 1.29 is 26.7 Å². The minimum atomic E-state index is -2.24. The molecule has 1 unspecified atom stereocenters. The first-order valence-electron chi connectivity index (χ1n) is 6.95. The number of hydrazone groups is 1. The molecule has 0 spiro atoms. The Balaban J connectivity index is 1.95. The zero-order valence-electron chi connectivity index (χ0n) is 12.6. The van der Waals surface area contributed by atoms with Crippen molar-refractivity contribution in [1.29, 1.82) is 0 Å². The molecule has 25 heavy (non-hydrogen) atoms. The van der Waals surface area contributed by atoms with E-state index >= 15 is 0 Å². The molecule has 3 rings (SSSR count). The Kier molecular flexibility index (Phi) is 4.51. The van der Waals surface area contributed by atoms with Gasteiger partial charge >= 0.3 is 0 Å². The van der Waals surface area contributed by atoms with Crippen LogP contribution in [-0.4, -0.2) is 16.9 Å². The average molecular weight is 372 g/mol. The molecule has 1 atom stereocenters. The summed E-state index contributed by atoms with van der Waals surface area (Å²) >= 11 is 0.237. The van der Waals surface area contributed by atoms with Gasteiger partial charge in [0.25, 0.3) is 5.91 Å². The van der Waals surface area contributed by atoms with Crippen LogP contribution in [0.5, 0.6) is 0 Å². The van der Waals surface area contributed by atoms with Crippen LogP contribution in [0.1, 0.15) is 6.92 Å². The van der Waals surface area contributed by atoms with Crippen LogP contribution in [0.2, 0.25) is 0 Å². The van der Waals surface area contributed by atoms with Crippen molar-refractivity contribution >= 4 is 29.1 Å². The van der Waals surface area contributed by atoms with Gasteiger partial charge in [0, 0.05) is 0 Å². The first-order valence-corrected chi connectivity index (χ1v) is 7.83. The van der Waals surface area contributed by atoms with Crippen molar-refractivity contribution in [3.63, 3.8) is 0 Å². The van der Waals surface area contributed by atoms with Gasteiger partial charge in [-0.15, -0.1) is 11.8 Å². The summed E-state index contributed by atoms with van der Waals surface area (Å²) < 4.78 is 67.4. The first kappa shape index (κ1) is 17.4. The van der Waals surface area contributed by atoms with Gasteiger partial charge < -0.3 is 0 Å². The van der Waals surface area contributed by atoms with Crippen LogP contribution < -0.4 is 5.01 Å². The number of nitrogens with zero attached hydrogens (tertiary/aromatic N) is 2. The summed E-state index contributed by atoms with van der Waals surface area (Å²) in [6, 6.07) is 8.25. The standard InChI is InChI=1S/C16H9F5N2OS/c1-7-14(16(24)23(22-7)8-5-3-2-4-6-8)25-15-12(20)10(18)9(17)11(19)13(15)21/h2-6,14H,1H3. The number of rotatable bonds is 3. The largest absolute Gasteiger partial charge is 0.271 e.